The summed E-state index contributed by atoms with van der Waals surface area (Å²) in [6.45, 7) is 0.266. The molecule has 0 saturated heterocycles. The van der Waals surface area contributed by atoms with Gasteiger partial charge in [-0.05, 0) is 17.7 Å². The molecular weight excluding hydrogens is 256 g/mol. The van der Waals surface area contributed by atoms with E-state index in [1.54, 1.807) is 11.9 Å². The van der Waals surface area contributed by atoms with Gasteiger partial charge in [0.15, 0.2) is 0 Å². The second-order valence-electron chi connectivity index (χ2n) is 4.20. The van der Waals surface area contributed by atoms with Crippen molar-refractivity contribution in [2.45, 2.75) is 6.54 Å². The Morgan fingerprint density at radius 1 is 1.45 bits per heavy atom. The summed E-state index contributed by atoms with van der Waals surface area (Å²) in [4.78, 5) is 13.5. The molecule has 1 amide bonds. The predicted molar refractivity (Wildman–Crippen MR) is 72.7 cm³/mol. The van der Waals surface area contributed by atoms with Crippen LogP contribution >= 0.6 is 0 Å². The maximum absolute atomic E-state index is 12.0. The molecule has 20 heavy (non-hydrogen) atoms. The normalized spacial score (nSPS) is 9.70. The van der Waals surface area contributed by atoms with Crippen molar-refractivity contribution in [3.8, 4) is 11.8 Å². The van der Waals surface area contributed by atoms with Crippen LogP contribution in [0.3, 0.4) is 0 Å². The van der Waals surface area contributed by atoms with E-state index in [0.29, 0.717) is 6.54 Å². The van der Waals surface area contributed by atoms with Gasteiger partial charge in [-0.25, -0.2) is 0 Å². The topological polar surface area (TPSA) is 66.6 Å². The minimum absolute atomic E-state index is 0.173. The van der Waals surface area contributed by atoms with E-state index in [-0.39, 0.29) is 18.3 Å². The summed E-state index contributed by atoms with van der Waals surface area (Å²) in [5.41, 5.74) is 1.75. The third-order valence-corrected chi connectivity index (χ3v) is 2.65. The Morgan fingerprint density at radius 3 is 3.00 bits per heavy atom. The fraction of sp³-hybridized carbons (Fsp3) is 0.200. The molecule has 0 bridgehead atoms. The highest BCUT2D eigenvalue weighted by Crippen LogP contribution is 2.09. The van der Waals surface area contributed by atoms with Crippen LogP contribution in [0.4, 0.5) is 0 Å². The van der Waals surface area contributed by atoms with Crippen LogP contribution in [-0.2, 0) is 6.54 Å². The molecule has 2 aromatic rings. The van der Waals surface area contributed by atoms with Crippen LogP contribution in [0.2, 0.25) is 0 Å². The van der Waals surface area contributed by atoms with E-state index in [9.17, 15) is 4.79 Å². The molecule has 5 heteroatoms. The highest BCUT2D eigenvalue weighted by Gasteiger charge is 2.15. The molecule has 0 aliphatic rings. The first kappa shape index (κ1) is 13.8. The van der Waals surface area contributed by atoms with Crippen molar-refractivity contribution in [2.24, 2.45) is 0 Å². The maximum atomic E-state index is 12.0. The highest BCUT2D eigenvalue weighted by atomic mass is 16.5. The number of hydrogen-bond acceptors (Lipinski definition) is 4. The molecule has 0 aliphatic heterocycles. The smallest absolute Gasteiger partial charge is 0.292 e. The zero-order chi connectivity index (χ0) is 14.4. The zero-order valence-corrected chi connectivity index (χ0v) is 11.0. The first-order chi connectivity index (χ1) is 9.70. The van der Waals surface area contributed by atoms with Crippen molar-refractivity contribution < 1.29 is 14.4 Å². The SMILES string of the molecule is CN(Cc1cccc(C#CCO)c1)C(=O)c1ccno1. The first-order valence-corrected chi connectivity index (χ1v) is 6.05. The Balaban J connectivity index is 2.08. The Morgan fingerprint density at radius 2 is 2.30 bits per heavy atom. The van der Waals surface area contributed by atoms with Crippen LogP contribution < -0.4 is 0 Å². The van der Waals surface area contributed by atoms with Crippen LogP contribution in [0, 0.1) is 11.8 Å². The summed E-state index contributed by atoms with van der Waals surface area (Å²) < 4.78 is 4.84. The Kier molecular flexibility index (Phi) is 4.53. The molecule has 1 aromatic heterocycles. The fourth-order valence-electron chi connectivity index (χ4n) is 1.75. The van der Waals surface area contributed by atoms with Gasteiger partial charge in [-0.3, -0.25) is 4.79 Å². The molecule has 5 nitrogen and oxygen atoms in total. The van der Waals surface area contributed by atoms with Gasteiger partial charge in [0.2, 0.25) is 5.76 Å². The molecule has 1 N–H and O–H groups in total. The quantitative estimate of drug-likeness (QED) is 0.853. The second-order valence-corrected chi connectivity index (χ2v) is 4.20. The number of amides is 1. The van der Waals surface area contributed by atoms with Crippen LogP contribution in [0.5, 0.6) is 0 Å². The standard InChI is InChI=1S/C15H14N2O3/c1-17(15(19)14-7-8-16-20-14)11-13-5-2-4-12(10-13)6-3-9-18/h2,4-5,7-8,10,18H,9,11H2,1H3. The Labute approximate surface area is 116 Å². The number of benzene rings is 1. The van der Waals surface area contributed by atoms with Gasteiger partial charge in [-0.1, -0.05) is 29.1 Å². The van der Waals surface area contributed by atoms with Gasteiger partial charge in [0.1, 0.15) is 6.61 Å². The highest BCUT2D eigenvalue weighted by molar-refractivity contribution is 5.91. The predicted octanol–water partition coefficient (Wildman–Crippen LogP) is 1.29. The minimum atomic E-state index is -0.227. The summed E-state index contributed by atoms with van der Waals surface area (Å²) in [5.74, 6) is 5.41. The number of aliphatic hydroxyl groups is 1. The molecule has 0 unspecified atom stereocenters. The molecule has 0 fully saturated rings. The van der Waals surface area contributed by atoms with E-state index in [1.165, 1.54) is 12.3 Å². The summed E-state index contributed by atoms with van der Waals surface area (Å²) in [5, 5.41) is 12.2. The molecule has 2 rings (SSSR count). The second kappa shape index (κ2) is 6.55. The van der Waals surface area contributed by atoms with Crippen LogP contribution in [0.1, 0.15) is 21.7 Å². The van der Waals surface area contributed by atoms with Gasteiger partial charge in [0.05, 0.1) is 6.20 Å². The molecule has 0 radical (unpaired) electrons. The van der Waals surface area contributed by atoms with Gasteiger partial charge < -0.3 is 14.5 Å². The van der Waals surface area contributed by atoms with Gasteiger partial charge in [0, 0.05) is 25.2 Å². The van der Waals surface area contributed by atoms with E-state index < -0.39 is 0 Å². The molecular formula is C15H14N2O3. The molecule has 102 valence electrons. The first-order valence-electron chi connectivity index (χ1n) is 6.05. The number of hydrogen-bond donors (Lipinski definition) is 1. The Hall–Kier alpha value is -2.58. The molecule has 1 aromatic carbocycles. The van der Waals surface area contributed by atoms with E-state index in [1.807, 2.05) is 24.3 Å². The van der Waals surface area contributed by atoms with Gasteiger partial charge in [0.25, 0.3) is 5.91 Å². The number of carbonyl (C=O) groups excluding carboxylic acids is 1. The lowest BCUT2D eigenvalue weighted by Gasteiger charge is -2.15. The Bertz CT molecular complexity index is 639. The third kappa shape index (κ3) is 3.46. The lowest BCUT2D eigenvalue weighted by atomic mass is 10.1. The average molecular weight is 270 g/mol. The average Bonchev–Trinajstić information content (AvgIpc) is 2.98. The molecule has 0 aliphatic carbocycles. The summed E-state index contributed by atoms with van der Waals surface area (Å²) >= 11 is 0. The van der Waals surface area contributed by atoms with Gasteiger partial charge in [-0.15, -0.1) is 0 Å². The molecule has 0 spiro atoms. The largest absolute Gasteiger partial charge is 0.384 e. The third-order valence-electron chi connectivity index (χ3n) is 2.65. The fourth-order valence-corrected chi connectivity index (χ4v) is 1.75. The van der Waals surface area contributed by atoms with Crippen molar-refractivity contribution >= 4 is 5.91 Å². The molecule has 0 saturated carbocycles. The van der Waals surface area contributed by atoms with Crippen LogP contribution in [0.25, 0.3) is 0 Å². The van der Waals surface area contributed by atoms with Gasteiger partial charge in [-0.2, -0.15) is 0 Å². The summed E-state index contributed by atoms with van der Waals surface area (Å²) in [6, 6.07) is 9.04. The number of rotatable bonds is 3. The van der Waals surface area contributed by atoms with E-state index in [2.05, 4.69) is 17.0 Å². The van der Waals surface area contributed by atoms with Crippen LogP contribution in [-0.4, -0.2) is 34.7 Å². The van der Waals surface area contributed by atoms with Crippen molar-refractivity contribution in [3.05, 3.63) is 53.4 Å². The monoisotopic (exact) mass is 270 g/mol. The lowest BCUT2D eigenvalue weighted by molar-refractivity contribution is 0.0743. The van der Waals surface area contributed by atoms with E-state index >= 15 is 0 Å². The minimum Gasteiger partial charge on any atom is -0.384 e. The lowest BCUT2D eigenvalue weighted by Crippen LogP contribution is -2.25. The zero-order valence-electron chi connectivity index (χ0n) is 11.0. The molecule has 1 heterocycles. The van der Waals surface area contributed by atoms with Crippen molar-refractivity contribution in [1.82, 2.24) is 10.1 Å². The van der Waals surface area contributed by atoms with Crippen LogP contribution in [0.15, 0.2) is 41.1 Å². The van der Waals surface area contributed by atoms with Crippen molar-refractivity contribution in [1.29, 1.82) is 0 Å². The number of nitrogens with zero attached hydrogens (tertiary/aromatic N) is 2. The molecule has 0 atom stereocenters. The number of aromatic nitrogens is 1. The van der Waals surface area contributed by atoms with Crippen molar-refractivity contribution in [2.75, 3.05) is 13.7 Å². The number of aliphatic hydroxyl groups excluding tert-OH is 1. The van der Waals surface area contributed by atoms with E-state index in [0.717, 1.165) is 11.1 Å². The van der Waals surface area contributed by atoms with E-state index in [4.69, 9.17) is 9.63 Å². The number of carbonyl (C=O) groups is 1. The van der Waals surface area contributed by atoms with Gasteiger partial charge >= 0.3 is 0 Å². The summed E-state index contributed by atoms with van der Waals surface area (Å²) in [7, 11) is 1.69. The summed E-state index contributed by atoms with van der Waals surface area (Å²) in [6.07, 6.45) is 1.44. The van der Waals surface area contributed by atoms with Crippen molar-refractivity contribution in [3.63, 3.8) is 0 Å². The maximum Gasteiger partial charge on any atom is 0.292 e.